The average molecular weight is 286 g/mol. The van der Waals surface area contributed by atoms with E-state index in [2.05, 4.69) is 6.58 Å². The molecule has 0 saturated carbocycles. The van der Waals surface area contributed by atoms with Gasteiger partial charge in [-0.15, -0.1) is 0 Å². The van der Waals surface area contributed by atoms with Crippen LogP contribution in [0.5, 0.6) is 5.75 Å². The number of carbonyl (C=O) groups excluding carboxylic acids is 1. The number of nitrogens with zero attached hydrogens (tertiary/aromatic N) is 1. The number of rotatable bonds is 6. The Morgan fingerprint density at radius 3 is 2.79 bits per heavy atom. The van der Waals surface area contributed by atoms with E-state index >= 15 is 0 Å². The number of halogens is 1. The Bertz CT molecular complexity index is 515. The molecule has 0 N–H and O–H groups in total. The predicted octanol–water partition coefficient (Wildman–Crippen LogP) is 2.75. The fourth-order valence-corrected chi connectivity index (χ4v) is 1.35. The van der Waals surface area contributed by atoms with Crippen LogP contribution < -0.4 is 4.74 Å². The number of non-ortho nitro benzene ring substituents is 1. The molecular weight excluding hydrogens is 274 g/mol. The molecule has 0 heterocycles. The summed E-state index contributed by atoms with van der Waals surface area (Å²) in [6.45, 7) is 5.25. The summed E-state index contributed by atoms with van der Waals surface area (Å²) in [6.07, 6.45) is 0. The van der Waals surface area contributed by atoms with Crippen LogP contribution in [0.25, 0.3) is 0 Å². The molecule has 1 aromatic carbocycles. The number of hydrogen-bond donors (Lipinski definition) is 0. The number of nitro groups is 1. The first-order chi connectivity index (χ1) is 8.95. The molecule has 0 spiro atoms. The fraction of sp³-hybridized carbons (Fsp3) is 0.250. The predicted molar refractivity (Wildman–Crippen MR) is 69.4 cm³/mol. The van der Waals surface area contributed by atoms with Gasteiger partial charge >= 0.3 is 5.97 Å². The summed E-state index contributed by atoms with van der Waals surface area (Å²) in [5, 5.41) is 10.8. The zero-order chi connectivity index (χ0) is 14.4. The summed E-state index contributed by atoms with van der Waals surface area (Å²) in [5.74, 6) is -0.467. The van der Waals surface area contributed by atoms with Crippen molar-refractivity contribution in [3.8, 4) is 5.75 Å². The normalized spacial score (nSPS) is 9.79. The molecule has 19 heavy (non-hydrogen) atoms. The van der Waals surface area contributed by atoms with E-state index in [1.807, 2.05) is 0 Å². The summed E-state index contributed by atoms with van der Waals surface area (Å²) < 4.78 is 9.94. The van der Waals surface area contributed by atoms with Crippen LogP contribution in [-0.4, -0.2) is 24.1 Å². The monoisotopic (exact) mass is 285 g/mol. The lowest BCUT2D eigenvalue weighted by atomic mass is 10.3. The van der Waals surface area contributed by atoms with Crippen LogP contribution in [0.4, 0.5) is 5.69 Å². The first kappa shape index (κ1) is 15.0. The van der Waals surface area contributed by atoms with Crippen molar-refractivity contribution in [3.05, 3.63) is 45.5 Å². The number of hydrogen-bond acceptors (Lipinski definition) is 5. The molecular formula is C12H12ClNO5. The molecule has 0 fully saturated rings. The van der Waals surface area contributed by atoms with Crippen LogP contribution >= 0.6 is 11.6 Å². The third kappa shape index (κ3) is 4.26. The van der Waals surface area contributed by atoms with Gasteiger partial charge in [0, 0.05) is 6.07 Å². The minimum Gasteiger partial charge on any atom is -0.487 e. The highest BCUT2D eigenvalue weighted by Crippen LogP contribution is 2.29. The smallest absolute Gasteiger partial charge is 0.336 e. The van der Waals surface area contributed by atoms with E-state index in [9.17, 15) is 14.9 Å². The second kappa shape index (κ2) is 6.75. The van der Waals surface area contributed by atoms with E-state index in [-0.39, 0.29) is 35.2 Å². The number of esters is 1. The lowest BCUT2D eigenvalue weighted by Gasteiger charge is -2.09. The Morgan fingerprint density at radius 2 is 2.21 bits per heavy atom. The largest absolute Gasteiger partial charge is 0.487 e. The average Bonchev–Trinajstić information content (AvgIpc) is 2.37. The molecule has 0 saturated heterocycles. The van der Waals surface area contributed by atoms with Crippen molar-refractivity contribution in [2.75, 3.05) is 13.2 Å². The highest BCUT2D eigenvalue weighted by Gasteiger charge is 2.13. The number of benzene rings is 1. The van der Waals surface area contributed by atoms with Gasteiger partial charge in [-0.1, -0.05) is 18.2 Å². The van der Waals surface area contributed by atoms with Gasteiger partial charge in [-0.25, -0.2) is 4.79 Å². The van der Waals surface area contributed by atoms with E-state index < -0.39 is 10.9 Å². The molecule has 0 unspecified atom stereocenters. The minimum absolute atomic E-state index is 0.101. The molecule has 7 heteroatoms. The van der Waals surface area contributed by atoms with Crippen LogP contribution in [0, 0.1) is 10.1 Å². The Hall–Kier alpha value is -2.08. The number of ether oxygens (including phenoxy) is 2. The summed E-state index contributed by atoms with van der Waals surface area (Å²) >= 11 is 5.83. The Morgan fingerprint density at radius 1 is 1.53 bits per heavy atom. The van der Waals surface area contributed by atoms with Gasteiger partial charge in [0.05, 0.1) is 28.2 Å². The summed E-state index contributed by atoms with van der Waals surface area (Å²) in [4.78, 5) is 21.3. The van der Waals surface area contributed by atoms with E-state index in [0.29, 0.717) is 0 Å². The van der Waals surface area contributed by atoms with Gasteiger partial charge in [0.15, 0.2) is 0 Å². The summed E-state index contributed by atoms with van der Waals surface area (Å²) in [6, 6.07) is 3.79. The number of nitro benzene ring substituents is 1. The highest BCUT2D eigenvalue weighted by molar-refractivity contribution is 6.32. The van der Waals surface area contributed by atoms with Crippen LogP contribution in [0.1, 0.15) is 6.92 Å². The summed E-state index contributed by atoms with van der Waals surface area (Å²) in [5.41, 5.74) is -0.0504. The second-order valence-electron chi connectivity index (χ2n) is 3.48. The Balaban J connectivity index is 2.72. The van der Waals surface area contributed by atoms with Crippen LogP contribution in [0.3, 0.4) is 0 Å². The first-order valence-electron chi connectivity index (χ1n) is 5.37. The molecule has 0 radical (unpaired) electrons. The first-order valence-corrected chi connectivity index (χ1v) is 5.75. The molecule has 1 rings (SSSR count). The van der Waals surface area contributed by atoms with Crippen molar-refractivity contribution in [3.63, 3.8) is 0 Å². The van der Waals surface area contributed by atoms with Crippen LogP contribution in [0.15, 0.2) is 30.4 Å². The molecule has 0 aliphatic rings. The summed E-state index contributed by atoms with van der Waals surface area (Å²) in [7, 11) is 0. The standard InChI is InChI=1S/C12H12ClNO5/c1-3-18-12(15)8(2)7-19-11-6-9(14(16)17)4-5-10(11)13/h4-6H,2-3,7H2,1H3. The van der Waals surface area contributed by atoms with E-state index in [0.717, 1.165) is 0 Å². The van der Waals surface area contributed by atoms with Gasteiger partial charge in [0.2, 0.25) is 0 Å². The third-order valence-electron chi connectivity index (χ3n) is 2.09. The quantitative estimate of drug-likeness (QED) is 0.347. The second-order valence-corrected chi connectivity index (χ2v) is 3.89. The molecule has 0 bridgehead atoms. The molecule has 0 aliphatic heterocycles. The lowest BCUT2D eigenvalue weighted by Crippen LogP contribution is -2.13. The van der Waals surface area contributed by atoms with Gasteiger partial charge in [-0.05, 0) is 13.0 Å². The third-order valence-corrected chi connectivity index (χ3v) is 2.40. The van der Waals surface area contributed by atoms with Crippen molar-refractivity contribution in [2.45, 2.75) is 6.92 Å². The maximum absolute atomic E-state index is 11.3. The zero-order valence-corrected chi connectivity index (χ0v) is 11.0. The topological polar surface area (TPSA) is 78.7 Å². The fourth-order valence-electron chi connectivity index (χ4n) is 1.17. The Kier molecular flexibility index (Phi) is 5.32. The van der Waals surface area contributed by atoms with Gasteiger partial charge in [0.25, 0.3) is 5.69 Å². The van der Waals surface area contributed by atoms with Gasteiger partial charge < -0.3 is 9.47 Å². The molecule has 6 nitrogen and oxygen atoms in total. The maximum Gasteiger partial charge on any atom is 0.336 e. The van der Waals surface area contributed by atoms with E-state index in [1.165, 1.54) is 18.2 Å². The van der Waals surface area contributed by atoms with Gasteiger partial charge in [-0.2, -0.15) is 0 Å². The lowest BCUT2D eigenvalue weighted by molar-refractivity contribution is -0.384. The van der Waals surface area contributed by atoms with Crippen molar-refractivity contribution >= 4 is 23.3 Å². The molecule has 102 valence electrons. The zero-order valence-electron chi connectivity index (χ0n) is 10.2. The van der Waals surface area contributed by atoms with Crippen molar-refractivity contribution in [2.24, 2.45) is 0 Å². The molecule has 1 aromatic rings. The van der Waals surface area contributed by atoms with Crippen molar-refractivity contribution in [1.29, 1.82) is 0 Å². The molecule has 0 aromatic heterocycles. The molecule has 0 aliphatic carbocycles. The SMILES string of the molecule is C=C(COc1cc([N+](=O)[O-])ccc1Cl)C(=O)OCC. The maximum atomic E-state index is 11.3. The number of carbonyl (C=O) groups is 1. The molecule has 0 atom stereocenters. The van der Waals surface area contributed by atoms with E-state index in [1.54, 1.807) is 6.92 Å². The van der Waals surface area contributed by atoms with Crippen LogP contribution in [0.2, 0.25) is 5.02 Å². The van der Waals surface area contributed by atoms with E-state index in [4.69, 9.17) is 21.1 Å². The molecule has 0 amide bonds. The Labute approximate surface area is 114 Å². The van der Waals surface area contributed by atoms with Gasteiger partial charge in [0.1, 0.15) is 12.4 Å². The van der Waals surface area contributed by atoms with Crippen LogP contribution in [-0.2, 0) is 9.53 Å². The van der Waals surface area contributed by atoms with Gasteiger partial charge in [-0.3, -0.25) is 10.1 Å². The van der Waals surface area contributed by atoms with Crippen molar-refractivity contribution < 1.29 is 19.2 Å². The van der Waals surface area contributed by atoms with Crippen molar-refractivity contribution in [1.82, 2.24) is 0 Å². The minimum atomic E-state index is -0.580. The highest BCUT2D eigenvalue weighted by atomic mass is 35.5.